The summed E-state index contributed by atoms with van der Waals surface area (Å²) in [5, 5.41) is 5.90. The highest BCUT2D eigenvalue weighted by Crippen LogP contribution is 2.31. The highest BCUT2D eigenvalue weighted by atomic mass is 35.5. The normalized spacial score (nSPS) is 16.4. The lowest BCUT2D eigenvalue weighted by Gasteiger charge is -2.34. The Bertz CT molecular complexity index is 625. The molecule has 1 saturated heterocycles. The number of hydrogen-bond donors (Lipinski definition) is 2. The van der Waals surface area contributed by atoms with Gasteiger partial charge >= 0.3 is 0 Å². The van der Waals surface area contributed by atoms with E-state index in [2.05, 4.69) is 10.3 Å². The molecule has 0 aliphatic carbocycles. The third kappa shape index (κ3) is 3.90. The fourth-order valence-corrected chi connectivity index (χ4v) is 3.26. The molecule has 1 aliphatic heterocycles. The van der Waals surface area contributed by atoms with Crippen molar-refractivity contribution in [3.05, 3.63) is 35.8 Å². The maximum absolute atomic E-state index is 12.6. The molecule has 3 N–H and O–H groups in total. The van der Waals surface area contributed by atoms with Crippen LogP contribution in [-0.2, 0) is 9.53 Å². The number of nitrogens with two attached hydrogens (primary N) is 1. The van der Waals surface area contributed by atoms with E-state index in [9.17, 15) is 4.79 Å². The molecule has 0 bridgehead atoms. The van der Waals surface area contributed by atoms with E-state index in [1.165, 1.54) is 0 Å². The average molecular weight is 354 g/mol. The van der Waals surface area contributed by atoms with Gasteiger partial charge in [0, 0.05) is 42.6 Å². The van der Waals surface area contributed by atoms with Crippen molar-refractivity contribution in [2.24, 2.45) is 11.1 Å². The summed E-state index contributed by atoms with van der Waals surface area (Å²) in [7, 11) is 0. The second-order valence-corrected chi connectivity index (χ2v) is 6.36. The van der Waals surface area contributed by atoms with Crippen molar-refractivity contribution in [2.45, 2.75) is 12.8 Å². The summed E-state index contributed by atoms with van der Waals surface area (Å²) in [4.78, 5) is 16.9. The van der Waals surface area contributed by atoms with E-state index in [0.717, 1.165) is 16.3 Å². The zero-order chi connectivity index (χ0) is 15.4. The van der Waals surface area contributed by atoms with Crippen LogP contribution in [0.1, 0.15) is 12.8 Å². The van der Waals surface area contributed by atoms with Crippen molar-refractivity contribution in [1.82, 2.24) is 4.98 Å². The lowest BCUT2D eigenvalue weighted by molar-refractivity contribution is -0.130. The Morgan fingerprint density at radius 1 is 1.30 bits per heavy atom. The lowest BCUT2D eigenvalue weighted by atomic mass is 9.79. The van der Waals surface area contributed by atoms with Gasteiger partial charge in [-0.2, -0.15) is 0 Å². The van der Waals surface area contributed by atoms with Gasteiger partial charge in [0.2, 0.25) is 5.91 Å². The van der Waals surface area contributed by atoms with E-state index >= 15 is 0 Å². The number of thiazole rings is 1. The predicted molar refractivity (Wildman–Crippen MR) is 95.0 cm³/mol. The van der Waals surface area contributed by atoms with Crippen molar-refractivity contribution in [2.75, 3.05) is 25.1 Å². The molecule has 23 heavy (non-hydrogen) atoms. The minimum Gasteiger partial charge on any atom is -0.381 e. The Morgan fingerprint density at radius 2 is 2.00 bits per heavy atom. The first-order valence-corrected chi connectivity index (χ1v) is 8.21. The summed E-state index contributed by atoms with van der Waals surface area (Å²) in [6.07, 6.45) is 3.13. The molecule has 1 aromatic heterocycles. The minimum atomic E-state index is -0.508. The molecule has 0 saturated carbocycles. The minimum absolute atomic E-state index is 0. The molecule has 1 fully saturated rings. The van der Waals surface area contributed by atoms with Crippen LogP contribution in [0.2, 0.25) is 0 Å². The number of hydrogen-bond acceptors (Lipinski definition) is 5. The Balaban J connectivity index is 0.00000192. The number of amides is 1. The number of carbonyl (C=O) groups excluding carboxylic acids is 1. The second-order valence-electron chi connectivity index (χ2n) is 5.47. The molecule has 7 heteroatoms. The van der Waals surface area contributed by atoms with Crippen molar-refractivity contribution in [1.29, 1.82) is 0 Å². The monoisotopic (exact) mass is 353 g/mol. The van der Waals surface area contributed by atoms with Crippen LogP contribution in [0.4, 0.5) is 5.69 Å². The van der Waals surface area contributed by atoms with Gasteiger partial charge < -0.3 is 15.8 Å². The van der Waals surface area contributed by atoms with E-state index in [-0.39, 0.29) is 18.3 Å². The Labute approximate surface area is 145 Å². The Kier molecular flexibility index (Phi) is 6.12. The molecule has 0 unspecified atom stereocenters. The van der Waals surface area contributed by atoms with Crippen LogP contribution in [0.25, 0.3) is 10.6 Å². The maximum Gasteiger partial charge on any atom is 0.232 e. The molecule has 124 valence electrons. The van der Waals surface area contributed by atoms with Crippen LogP contribution in [0.15, 0.2) is 35.8 Å². The van der Waals surface area contributed by atoms with Gasteiger partial charge in [-0.25, -0.2) is 4.98 Å². The smallest absolute Gasteiger partial charge is 0.232 e. The summed E-state index contributed by atoms with van der Waals surface area (Å²) in [5.74, 6) is -0.0136. The second kappa shape index (κ2) is 7.88. The van der Waals surface area contributed by atoms with Crippen LogP contribution in [-0.4, -0.2) is 30.6 Å². The molecule has 3 rings (SSSR count). The number of rotatable bonds is 4. The largest absolute Gasteiger partial charge is 0.381 e. The predicted octanol–water partition coefficient (Wildman–Crippen LogP) is 2.93. The number of carbonyl (C=O) groups is 1. The molecular formula is C16H20ClN3O2S. The van der Waals surface area contributed by atoms with Gasteiger partial charge in [-0.1, -0.05) is 0 Å². The van der Waals surface area contributed by atoms with Crippen molar-refractivity contribution >= 4 is 35.3 Å². The molecule has 1 aromatic carbocycles. The van der Waals surface area contributed by atoms with Crippen LogP contribution < -0.4 is 11.1 Å². The van der Waals surface area contributed by atoms with Gasteiger partial charge in [-0.15, -0.1) is 23.7 Å². The number of halogens is 1. The zero-order valence-electron chi connectivity index (χ0n) is 12.7. The number of nitrogens with one attached hydrogen (secondary N) is 1. The van der Waals surface area contributed by atoms with Gasteiger partial charge in [0.05, 0.1) is 5.41 Å². The molecular weight excluding hydrogens is 334 g/mol. The number of aromatic nitrogens is 1. The zero-order valence-corrected chi connectivity index (χ0v) is 14.3. The average Bonchev–Trinajstić information content (AvgIpc) is 3.10. The van der Waals surface area contributed by atoms with E-state index in [1.807, 2.05) is 29.6 Å². The molecule has 2 aromatic rings. The topological polar surface area (TPSA) is 77.2 Å². The van der Waals surface area contributed by atoms with Crippen molar-refractivity contribution in [3.63, 3.8) is 0 Å². The van der Waals surface area contributed by atoms with Crippen molar-refractivity contribution < 1.29 is 9.53 Å². The first-order chi connectivity index (χ1) is 10.7. The van der Waals surface area contributed by atoms with Gasteiger partial charge in [0.1, 0.15) is 5.01 Å². The summed E-state index contributed by atoms with van der Waals surface area (Å²) in [6.45, 7) is 1.53. The molecule has 0 radical (unpaired) electrons. The van der Waals surface area contributed by atoms with Gasteiger partial charge in [-0.3, -0.25) is 4.79 Å². The van der Waals surface area contributed by atoms with Gasteiger partial charge in [0.25, 0.3) is 0 Å². The third-order valence-electron chi connectivity index (χ3n) is 4.14. The fraction of sp³-hybridized carbons (Fsp3) is 0.375. The molecule has 0 spiro atoms. The molecule has 2 heterocycles. The third-order valence-corrected chi connectivity index (χ3v) is 4.97. The SMILES string of the molecule is Cl.NCC1(C(=O)Nc2ccc(-c3nccs3)cc2)CCOCC1. The fourth-order valence-electron chi connectivity index (χ4n) is 2.61. The van der Waals surface area contributed by atoms with Crippen LogP contribution in [0.3, 0.4) is 0 Å². The van der Waals surface area contributed by atoms with E-state index < -0.39 is 5.41 Å². The highest BCUT2D eigenvalue weighted by molar-refractivity contribution is 7.13. The molecule has 1 aliphatic rings. The number of benzene rings is 1. The van der Waals surface area contributed by atoms with E-state index in [4.69, 9.17) is 10.5 Å². The number of anilines is 1. The molecule has 5 nitrogen and oxygen atoms in total. The first-order valence-electron chi connectivity index (χ1n) is 7.33. The molecule has 0 atom stereocenters. The summed E-state index contributed by atoms with van der Waals surface area (Å²) >= 11 is 1.59. The van der Waals surface area contributed by atoms with Crippen LogP contribution in [0, 0.1) is 5.41 Å². The maximum atomic E-state index is 12.6. The highest BCUT2D eigenvalue weighted by Gasteiger charge is 2.38. The van der Waals surface area contributed by atoms with Crippen LogP contribution >= 0.6 is 23.7 Å². The van der Waals surface area contributed by atoms with Crippen LogP contribution in [0.5, 0.6) is 0 Å². The standard InChI is InChI=1S/C16H19N3O2S.ClH/c17-11-16(5-8-21-9-6-16)15(20)19-13-3-1-12(2-4-13)14-18-7-10-22-14;/h1-4,7,10H,5-6,8-9,11,17H2,(H,19,20);1H. The van der Waals surface area contributed by atoms with Crippen molar-refractivity contribution in [3.8, 4) is 10.6 Å². The first kappa shape index (κ1) is 17.9. The van der Waals surface area contributed by atoms with Gasteiger partial charge in [-0.05, 0) is 37.1 Å². The summed E-state index contributed by atoms with van der Waals surface area (Å²) in [6, 6.07) is 7.73. The van der Waals surface area contributed by atoms with E-state index in [1.54, 1.807) is 17.5 Å². The van der Waals surface area contributed by atoms with Gasteiger partial charge in [0.15, 0.2) is 0 Å². The number of ether oxygens (including phenoxy) is 1. The lowest BCUT2D eigenvalue weighted by Crippen LogP contribution is -2.46. The quantitative estimate of drug-likeness (QED) is 0.885. The summed E-state index contributed by atoms with van der Waals surface area (Å²) in [5.41, 5.74) is 7.18. The number of nitrogens with zero attached hydrogens (tertiary/aromatic N) is 1. The Hall–Kier alpha value is -1.47. The molecule has 1 amide bonds. The summed E-state index contributed by atoms with van der Waals surface area (Å²) < 4.78 is 5.34. The van der Waals surface area contributed by atoms with E-state index in [0.29, 0.717) is 32.6 Å². The Morgan fingerprint density at radius 3 is 2.57 bits per heavy atom.